The summed E-state index contributed by atoms with van der Waals surface area (Å²) in [6, 6.07) is 16.1. The van der Waals surface area contributed by atoms with E-state index in [1.54, 1.807) is 30.3 Å². The Morgan fingerprint density at radius 3 is 2.23 bits per heavy atom. The molecule has 0 unspecified atom stereocenters. The molecule has 40 heavy (non-hydrogen) atoms. The quantitative estimate of drug-likeness (QED) is 0.201. The average molecular weight is 580 g/mol. The minimum absolute atomic E-state index is 0.142. The Labute approximate surface area is 244 Å². The van der Waals surface area contributed by atoms with Crippen molar-refractivity contribution in [1.29, 1.82) is 5.26 Å². The summed E-state index contributed by atoms with van der Waals surface area (Å²) in [6.07, 6.45) is 2.25. The fourth-order valence-corrected chi connectivity index (χ4v) is 4.98. The summed E-state index contributed by atoms with van der Waals surface area (Å²) in [5.74, 6) is -1.31. The van der Waals surface area contributed by atoms with Crippen molar-refractivity contribution in [2.24, 2.45) is 5.41 Å². The van der Waals surface area contributed by atoms with Crippen LogP contribution in [0.2, 0.25) is 5.02 Å². The van der Waals surface area contributed by atoms with E-state index in [-0.39, 0.29) is 18.9 Å². The van der Waals surface area contributed by atoms with Gasteiger partial charge < -0.3 is 10.6 Å². The van der Waals surface area contributed by atoms with Gasteiger partial charge in [-0.2, -0.15) is 5.26 Å². The van der Waals surface area contributed by atoms with Gasteiger partial charge in [0.05, 0.1) is 11.4 Å². The van der Waals surface area contributed by atoms with E-state index in [1.807, 2.05) is 69.6 Å². The van der Waals surface area contributed by atoms with Gasteiger partial charge in [-0.05, 0) is 52.6 Å². The van der Waals surface area contributed by atoms with Crippen molar-refractivity contribution >= 4 is 40.7 Å². The summed E-state index contributed by atoms with van der Waals surface area (Å²) in [5.41, 5.74) is 1.94. The lowest BCUT2D eigenvalue weighted by Gasteiger charge is -2.34. The second-order valence-electron chi connectivity index (χ2n) is 10.7. The van der Waals surface area contributed by atoms with Gasteiger partial charge in [0.15, 0.2) is 6.19 Å². The van der Waals surface area contributed by atoms with Gasteiger partial charge in [-0.1, -0.05) is 74.8 Å². The second-order valence-corrected chi connectivity index (χ2v) is 12.0. The van der Waals surface area contributed by atoms with Gasteiger partial charge in [-0.3, -0.25) is 14.4 Å². The molecule has 1 aromatic heterocycles. The zero-order valence-electron chi connectivity index (χ0n) is 23.3. The molecule has 210 valence electrons. The maximum Gasteiger partial charge on any atom is 0.264 e. The highest BCUT2D eigenvalue weighted by Gasteiger charge is 2.36. The Morgan fingerprint density at radius 2 is 1.68 bits per heavy atom. The van der Waals surface area contributed by atoms with Crippen LogP contribution in [0.15, 0.2) is 66.0 Å². The van der Waals surface area contributed by atoms with Crippen LogP contribution < -0.4 is 10.6 Å². The van der Waals surface area contributed by atoms with Crippen molar-refractivity contribution < 1.29 is 14.4 Å². The Hall–Kier alpha value is -3.87. The molecule has 0 spiro atoms. The largest absolute Gasteiger partial charge is 0.342 e. The second kappa shape index (κ2) is 13.5. The number of halogens is 1. The Bertz CT molecular complexity index is 1360. The number of amides is 3. The lowest BCUT2D eigenvalue weighted by atomic mass is 9.85. The van der Waals surface area contributed by atoms with E-state index in [0.29, 0.717) is 9.90 Å². The molecule has 0 saturated carbocycles. The molecule has 0 radical (unpaired) electrons. The van der Waals surface area contributed by atoms with Gasteiger partial charge >= 0.3 is 0 Å². The van der Waals surface area contributed by atoms with Gasteiger partial charge in [0.25, 0.3) is 11.8 Å². The van der Waals surface area contributed by atoms with Crippen molar-refractivity contribution in [2.75, 3.05) is 7.05 Å². The highest BCUT2D eigenvalue weighted by Crippen LogP contribution is 2.22. The highest BCUT2D eigenvalue weighted by atomic mass is 35.5. The van der Waals surface area contributed by atoms with Crippen LogP contribution in [-0.2, 0) is 22.6 Å². The molecule has 0 fully saturated rings. The minimum Gasteiger partial charge on any atom is -0.342 e. The van der Waals surface area contributed by atoms with Crippen molar-refractivity contribution in [1.82, 2.24) is 20.7 Å². The lowest BCUT2D eigenvalue weighted by molar-refractivity contribution is -0.146. The van der Waals surface area contributed by atoms with Crippen LogP contribution in [0.25, 0.3) is 0 Å². The molecule has 2 aromatic carbocycles. The zero-order chi connectivity index (χ0) is 29.4. The third kappa shape index (κ3) is 8.31. The maximum atomic E-state index is 13.8. The summed E-state index contributed by atoms with van der Waals surface area (Å²) in [5, 5.41) is 20.4. The number of hydrazine groups is 1. The predicted octanol–water partition coefficient (Wildman–Crippen LogP) is 4.94. The molecule has 3 aromatic rings. The monoisotopic (exact) mass is 579 g/mol. The number of likely N-dealkylation sites (N-methyl/N-ethyl adjacent to an activating group) is 1. The molecule has 3 amide bonds. The molecule has 10 heteroatoms. The summed E-state index contributed by atoms with van der Waals surface area (Å²) in [6.45, 7) is 7.58. The number of thiophene rings is 1. The highest BCUT2D eigenvalue weighted by molar-refractivity contribution is 7.12. The first-order valence-corrected chi connectivity index (χ1v) is 14.0. The van der Waals surface area contributed by atoms with Gasteiger partial charge in [0.2, 0.25) is 5.91 Å². The smallest absolute Gasteiger partial charge is 0.264 e. The number of nitriles is 1. The average Bonchev–Trinajstić information content (AvgIpc) is 3.36. The van der Waals surface area contributed by atoms with E-state index < -0.39 is 29.3 Å². The molecule has 2 atom stereocenters. The summed E-state index contributed by atoms with van der Waals surface area (Å²) < 4.78 is 0. The number of hydrogen-bond acceptors (Lipinski definition) is 6. The van der Waals surface area contributed by atoms with Crippen molar-refractivity contribution in [2.45, 2.75) is 52.7 Å². The fraction of sp³-hybridized carbons (Fsp3) is 0.333. The molecular formula is C30H34ClN5O3S. The maximum absolute atomic E-state index is 13.8. The van der Waals surface area contributed by atoms with E-state index in [9.17, 15) is 19.6 Å². The van der Waals surface area contributed by atoms with E-state index in [4.69, 9.17) is 11.6 Å². The number of carbonyl (C=O) groups is 3. The first-order valence-electron chi connectivity index (χ1n) is 12.8. The third-order valence-electron chi connectivity index (χ3n) is 6.30. The van der Waals surface area contributed by atoms with Crippen LogP contribution in [-0.4, -0.2) is 46.9 Å². The van der Waals surface area contributed by atoms with Crippen LogP contribution in [0.5, 0.6) is 0 Å². The molecule has 3 rings (SSSR count). The number of carbonyl (C=O) groups excluding carboxylic acids is 3. The van der Waals surface area contributed by atoms with E-state index >= 15 is 0 Å². The van der Waals surface area contributed by atoms with Crippen LogP contribution in [0.3, 0.4) is 0 Å². The molecule has 0 aliphatic rings. The number of benzene rings is 2. The fourth-order valence-electron chi connectivity index (χ4n) is 4.05. The Kier molecular flexibility index (Phi) is 10.3. The lowest BCUT2D eigenvalue weighted by Crippen LogP contribution is -2.59. The van der Waals surface area contributed by atoms with E-state index in [2.05, 4.69) is 10.6 Å². The van der Waals surface area contributed by atoms with Gasteiger partial charge in [-0.15, -0.1) is 11.3 Å². The first kappa shape index (κ1) is 30.7. The zero-order valence-corrected chi connectivity index (χ0v) is 24.8. The van der Waals surface area contributed by atoms with Gasteiger partial charge in [0.1, 0.15) is 12.1 Å². The molecule has 1 heterocycles. The number of nitrogens with zero attached hydrogens (tertiary/aromatic N) is 3. The summed E-state index contributed by atoms with van der Waals surface area (Å²) in [4.78, 5) is 40.9. The number of hydrogen-bond donors (Lipinski definition) is 2. The van der Waals surface area contributed by atoms with Crippen LogP contribution in [0.1, 0.15) is 47.1 Å². The molecular weight excluding hydrogens is 546 g/mol. The summed E-state index contributed by atoms with van der Waals surface area (Å²) >= 11 is 7.28. The van der Waals surface area contributed by atoms with Gasteiger partial charge in [-0.25, -0.2) is 10.0 Å². The van der Waals surface area contributed by atoms with Crippen molar-refractivity contribution in [3.63, 3.8) is 0 Å². The van der Waals surface area contributed by atoms with Crippen LogP contribution >= 0.6 is 22.9 Å². The number of rotatable bonds is 10. The normalized spacial score (nSPS) is 12.5. The molecule has 0 aliphatic heterocycles. The number of aryl methyl sites for hydroxylation is 1. The Balaban J connectivity index is 1.84. The number of nitrogens with one attached hydrogen (secondary N) is 2. The summed E-state index contributed by atoms with van der Waals surface area (Å²) in [7, 11) is 1.49. The van der Waals surface area contributed by atoms with Crippen molar-refractivity contribution in [3.05, 3.63) is 92.6 Å². The topological polar surface area (TPSA) is 106 Å². The Morgan fingerprint density at radius 1 is 1.02 bits per heavy atom. The first-order chi connectivity index (χ1) is 18.9. The predicted molar refractivity (Wildman–Crippen MR) is 157 cm³/mol. The standard InChI is InChI=1S/C30H34ClN5O3S/c1-20-15-25(40-18-20)27(37)34-26(30(2,3)4)28(38)33-24(16-21-9-7-6-8-10-21)29(39)35(5)36(19-32)17-22-11-13-23(31)14-12-22/h6-15,18,24,26H,16-17H2,1-5H3,(H,33,38)(H,34,37)/t24-,26+/m0/s1. The van der Waals surface area contributed by atoms with Gasteiger partial charge in [0, 0.05) is 18.5 Å². The van der Waals surface area contributed by atoms with Crippen molar-refractivity contribution in [3.8, 4) is 6.19 Å². The molecule has 8 nitrogen and oxygen atoms in total. The van der Waals surface area contributed by atoms with Crippen LogP contribution in [0, 0.1) is 23.8 Å². The third-order valence-corrected chi connectivity index (χ3v) is 7.60. The van der Waals surface area contributed by atoms with Crippen LogP contribution in [0.4, 0.5) is 0 Å². The minimum atomic E-state index is -0.994. The molecule has 2 N–H and O–H groups in total. The molecule has 0 saturated heterocycles. The molecule has 0 aliphatic carbocycles. The molecule has 0 bridgehead atoms. The SMILES string of the molecule is Cc1csc(C(=O)N[C@H](C(=O)N[C@@H](Cc2ccccc2)C(=O)N(C)N(C#N)Cc2ccc(Cl)cc2)C(C)(C)C)c1. The van der Waals surface area contributed by atoms with E-state index in [0.717, 1.165) is 16.7 Å². The van der Waals surface area contributed by atoms with E-state index in [1.165, 1.54) is 28.4 Å².